The lowest BCUT2D eigenvalue weighted by atomic mass is 10.1. The summed E-state index contributed by atoms with van der Waals surface area (Å²) in [7, 11) is -1.00. The van der Waals surface area contributed by atoms with Gasteiger partial charge in [0.1, 0.15) is 5.00 Å². The summed E-state index contributed by atoms with van der Waals surface area (Å²) in [6.07, 6.45) is 2.52. The molecule has 134 valence electrons. The Kier molecular flexibility index (Phi) is 4.61. The van der Waals surface area contributed by atoms with Crippen molar-refractivity contribution >= 4 is 32.3 Å². The molecule has 0 atom stereocenters. The van der Waals surface area contributed by atoms with Crippen LogP contribution in [0.15, 0.2) is 23.1 Å². The number of aryl methyl sites for hydroxylation is 1. The number of primary amides is 1. The van der Waals surface area contributed by atoms with E-state index in [0.717, 1.165) is 29.7 Å². The average molecular weight is 382 g/mol. The third-order valence-corrected chi connectivity index (χ3v) is 6.74. The highest BCUT2D eigenvalue weighted by Gasteiger charge is 2.28. The van der Waals surface area contributed by atoms with Crippen molar-refractivity contribution in [3.8, 4) is 11.5 Å². The van der Waals surface area contributed by atoms with Crippen LogP contribution in [0.5, 0.6) is 11.5 Å². The monoisotopic (exact) mass is 382 g/mol. The van der Waals surface area contributed by atoms with Gasteiger partial charge in [0.05, 0.1) is 24.7 Å². The number of carbonyl (C=O) groups excluding carboxylic acids is 1. The quantitative estimate of drug-likeness (QED) is 0.796. The van der Waals surface area contributed by atoms with Crippen molar-refractivity contribution in [2.75, 3.05) is 18.9 Å². The SMILES string of the molecule is COc1ccc(S(=O)(=O)Nc2sc3c(c2C(N)=O)CCC3)cc1OC. The second kappa shape index (κ2) is 6.57. The molecule has 1 heterocycles. The van der Waals surface area contributed by atoms with Gasteiger partial charge in [-0.15, -0.1) is 11.3 Å². The van der Waals surface area contributed by atoms with Crippen molar-refractivity contribution in [2.45, 2.75) is 24.2 Å². The molecule has 2 aromatic rings. The molecule has 0 bridgehead atoms. The van der Waals surface area contributed by atoms with E-state index in [-0.39, 0.29) is 15.5 Å². The van der Waals surface area contributed by atoms with Crippen LogP contribution in [0.2, 0.25) is 0 Å². The van der Waals surface area contributed by atoms with Gasteiger partial charge < -0.3 is 15.2 Å². The van der Waals surface area contributed by atoms with E-state index in [0.29, 0.717) is 11.5 Å². The number of hydrogen-bond donors (Lipinski definition) is 2. The van der Waals surface area contributed by atoms with E-state index in [9.17, 15) is 13.2 Å². The molecule has 7 nitrogen and oxygen atoms in total. The number of amides is 1. The number of hydrogen-bond acceptors (Lipinski definition) is 6. The van der Waals surface area contributed by atoms with Crippen molar-refractivity contribution in [3.63, 3.8) is 0 Å². The number of nitrogens with one attached hydrogen (secondary N) is 1. The van der Waals surface area contributed by atoms with Gasteiger partial charge >= 0.3 is 0 Å². The first-order valence-electron chi connectivity index (χ1n) is 7.56. The number of methoxy groups -OCH3 is 2. The number of ether oxygens (including phenoxy) is 2. The minimum atomic E-state index is -3.90. The number of rotatable bonds is 6. The number of fused-ring (bicyclic) bond motifs is 1. The molecule has 1 amide bonds. The fourth-order valence-electron chi connectivity index (χ4n) is 2.90. The Morgan fingerprint density at radius 3 is 2.56 bits per heavy atom. The molecule has 25 heavy (non-hydrogen) atoms. The molecule has 0 saturated heterocycles. The zero-order valence-corrected chi connectivity index (χ0v) is 15.4. The van der Waals surface area contributed by atoms with Crippen LogP contribution in [0.4, 0.5) is 5.00 Å². The number of thiophene rings is 1. The minimum Gasteiger partial charge on any atom is -0.493 e. The summed E-state index contributed by atoms with van der Waals surface area (Å²) in [4.78, 5) is 12.8. The molecule has 1 aromatic carbocycles. The Morgan fingerprint density at radius 1 is 1.20 bits per heavy atom. The molecular weight excluding hydrogens is 364 g/mol. The lowest BCUT2D eigenvalue weighted by Gasteiger charge is -2.11. The standard InChI is InChI=1S/C16H18N2O5S2/c1-22-11-7-6-9(8-12(11)23-2)25(20,21)18-16-14(15(17)19)10-4-3-5-13(10)24-16/h6-8,18H,3-5H2,1-2H3,(H2,17,19). The van der Waals surface area contributed by atoms with E-state index in [2.05, 4.69) is 4.72 Å². The lowest BCUT2D eigenvalue weighted by molar-refractivity contribution is 0.100. The second-order valence-electron chi connectivity index (χ2n) is 5.55. The summed E-state index contributed by atoms with van der Waals surface area (Å²) in [5.41, 5.74) is 6.61. The highest BCUT2D eigenvalue weighted by Crippen LogP contribution is 2.40. The molecule has 1 aliphatic rings. The fourth-order valence-corrected chi connectivity index (χ4v) is 5.52. The molecule has 0 fully saturated rings. The summed E-state index contributed by atoms with van der Waals surface area (Å²) in [5.74, 6) is 0.105. The van der Waals surface area contributed by atoms with Crippen LogP contribution in [0.1, 0.15) is 27.2 Å². The molecular formula is C16H18N2O5S2. The Labute approximate surface area is 149 Å². The zero-order valence-electron chi connectivity index (χ0n) is 13.8. The maximum Gasteiger partial charge on any atom is 0.262 e. The Morgan fingerprint density at radius 2 is 1.92 bits per heavy atom. The van der Waals surface area contributed by atoms with Gasteiger partial charge in [0, 0.05) is 10.9 Å². The van der Waals surface area contributed by atoms with Crippen molar-refractivity contribution in [2.24, 2.45) is 5.73 Å². The third kappa shape index (κ3) is 3.16. The van der Waals surface area contributed by atoms with E-state index in [1.54, 1.807) is 0 Å². The molecule has 1 aromatic heterocycles. The summed E-state index contributed by atoms with van der Waals surface area (Å²) < 4.78 is 38.2. The Balaban J connectivity index is 1.99. The van der Waals surface area contributed by atoms with Gasteiger partial charge in [-0.2, -0.15) is 0 Å². The van der Waals surface area contributed by atoms with Crippen LogP contribution in [0.25, 0.3) is 0 Å². The minimum absolute atomic E-state index is 0.00845. The van der Waals surface area contributed by atoms with Crippen LogP contribution < -0.4 is 19.9 Å². The van der Waals surface area contributed by atoms with Gasteiger partial charge in [0.25, 0.3) is 15.9 Å². The van der Waals surface area contributed by atoms with Gasteiger partial charge in [-0.25, -0.2) is 8.42 Å². The number of nitrogens with two attached hydrogens (primary N) is 1. The maximum absolute atomic E-state index is 12.7. The van der Waals surface area contributed by atoms with Crippen LogP contribution in [-0.4, -0.2) is 28.5 Å². The highest BCUT2D eigenvalue weighted by molar-refractivity contribution is 7.93. The van der Waals surface area contributed by atoms with E-state index < -0.39 is 15.9 Å². The van der Waals surface area contributed by atoms with Crippen molar-refractivity contribution in [1.82, 2.24) is 0 Å². The van der Waals surface area contributed by atoms with E-state index in [1.807, 2.05) is 0 Å². The maximum atomic E-state index is 12.7. The lowest BCUT2D eigenvalue weighted by Crippen LogP contribution is -2.18. The molecule has 9 heteroatoms. The highest BCUT2D eigenvalue weighted by atomic mass is 32.2. The molecule has 1 aliphatic carbocycles. The van der Waals surface area contributed by atoms with Crippen LogP contribution in [-0.2, 0) is 22.9 Å². The third-order valence-electron chi connectivity index (χ3n) is 4.06. The molecule has 3 N–H and O–H groups in total. The Bertz CT molecular complexity index is 934. The van der Waals surface area contributed by atoms with Crippen LogP contribution >= 0.6 is 11.3 Å². The van der Waals surface area contributed by atoms with Gasteiger partial charge in [-0.1, -0.05) is 0 Å². The van der Waals surface area contributed by atoms with Gasteiger partial charge in [0.15, 0.2) is 11.5 Å². The first kappa shape index (κ1) is 17.6. The fraction of sp³-hybridized carbons (Fsp3) is 0.312. The van der Waals surface area contributed by atoms with Gasteiger partial charge in [-0.05, 0) is 37.0 Å². The molecule has 0 aliphatic heterocycles. The van der Waals surface area contributed by atoms with E-state index in [1.165, 1.54) is 43.8 Å². The molecule has 0 spiro atoms. The molecule has 0 radical (unpaired) electrons. The number of anilines is 1. The van der Waals surface area contributed by atoms with Crippen LogP contribution in [0, 0.1) is 0 Å². The summed E-state index contributed by atoms with van der Waals surface area (Å²) in [6, 6.07) is 4.29. The zero-order chi connectivity index (χ0) is 18.2. The van der Waals surface area contributed by atoms with Gasteiger partial charge in [0.2, 0.25) is 0 Å². The van der Waals surface area contributed by atoms with Crippen molar-refractivity contribution in [1.29, 1.82) is 0 Å². The second-order valence-corrected chi connectivity index (χ2v) is 8.34. The topological polar surface area (TPSA) is 108 Å². The summed E-state index contributed by atoms with van der Waals surface area (Å²) in [5, 5.41) is 0.270. The van der Waals surface area contributed by atoms with Crippen molar-refractivity contribution in [3.05, 3.63) is 34.2 Å². The van der Waals surface area contributed by atoms with Crippen LogP contribution in [0.3, 0.4) is 0 Å². The smallest absolute Gasteiger partial charge is 0.262 e. The van der Waals surface area contributed by atoms with Gasteiger partial charge in [-0.3, -0.25) is 9.52 Å². The first-order chi connectivity index (χ1) is 11.9. The number of benzene rings is 1. The Hall–Kier alpha value is -2.26. The van der Waals surface area contributed by atoms with E-state index in [4.69, 9.17) is 15.2 Å². The predicted octanol–water partition coefficient (Wildman–Crippen LogP) is 2.15. The molecule has 0 unspecified atom stereocenters. The normalized spacial score (nSPS) is 13.4. The molecule has 0 saturated carbocycles. The summed E-state index contributed by atoms with van der Waals surface area (Å²) in [6.45, 7) is 0. The number of sulfonamides is 1. The van der Waals surface area contributed by atoms with Crippen molar-refractivity contribution < 1.29 is 22.7 Å². The summed E-state index contributed by atoms with van der Waals surface area (Å²) >= 11 is 1.27. The first-order valence-corrected chi connectivity index (χ1v) is 9.86. The predicted molar refractivity (Wildman–Crippen MR) is 95.2 cm³/mol. The largest absolute Gasteiger partial charge is 0.493 e. The number of carbonyl (C=O) groups is 1. The molecule has 3 rings (SSSR count). The average Bonchev–Trinajstić information content (AvgIpc) is 3.13. The van der Waals surface area contributed by atoms with E-state index >= 15 is 0 Å².